The Bertz CT molecular complexity index is 1100. The number of nitrogens with zero attached hydrogens (tertiary/aromatic N) is 5. The summed E-state index contributed by atoms with van der Waals surface area (Å²) in [6, 6.07) is 7.34. The van der Waals surface area contributed by atoms with Crippen LogP contribution < -0.4 is 9.47 Å². The van der Waals surface area contributed by atoms with E-state index in [1.165, 1.54) is 11.8 Å². The molecule has 0 radical (unpaired) electrons. The molecule has 0 N–H and O–H groups in total. The predicted octanol–water partition coefficient (Wildman–Crippen LogP) is 3.27. The normalized spacial score (nSPS) is 17.1. The van der Waals surface area contributed by atoms with Crippen LogP contribution in [-0.2, 0) is 17.9 Å². The highest BCUT2D eigenvalue weighted by Crippen LogP contribution is 2.23. The number of carbonyl (C=O) groups excluding carboxylic acids is 1. The lowest BCUT2D eigenvalue weighted by atomic mass is 9.97. The van der Waals surface area contributed by atoms with E-state index in [0.29, 0.717) is 34.9 Å². The average molecular weight is 436 g/mol. The van der Waals surface area contributed by atoms with Crippen LogP contribution in [0.5, 0.6) is 11.5 Å². The van der Waals surface area contributed by atoms with Gasteiger partial charge in [0.05, 0.1) is 18.6 Å². The predicted molar refractivity (Wildman–Crippen MR) is 120 cm³/mol. The minimum Gasteiger partial charge on any atom is -0.497 e. The Hall–Kier alpha value is -3.46. The van der Waals surface area contributed by atoms with E-state index < -0.39 is 0 Å². The van der Waals surface area contributed by atoms with Crippen LogP contribution in [0.3, 0.4) is 0 Å². The van der Waals surface area contributed by atoms with Crippen molar-refractivity contribution in [2.24, 2.45) is 15.9 Å². The van der Waals surface area contributed by atoms with E-state index >= 15 is 0 Å². The van der Waals surface area contributed by atoms with Crippen molar-refractivity contribution in [2.75, 3.05) is 12.9 Å². The number of amidine groups is 1. The number of aromatic nitrogens is 3. The largest absolute Gasteiger partial charge is 0.497 e. The Morgan fingerprint density at radius 2 is 1.97 bits per heavy atom. The standard InChI is InChI=1S/C22H21N5O3S/c1-3-12-27-20(13-30-16-10-8-15(29-2)9-11-16)25-26-22(27)31-14-19-23-18-7-5-4-6-17(18)21(28)24-19/h3-11,17H,1,12-14H2,2H3. The Labute approximate surface area is 184 Å². The lowest BCUT2D eigenvalue weighted by Crippen LogP contribution is -2.27. The summed E-state index contributed by atoms with van der Waals surface area (Å²) >= 11 is 1.42. The molecule has 1 atom stereocenters. The fraction of sp³-hybridized carbons (Fsp3) is 0.227. The van der Waals surface area contributed by atoms with Gasteiger partial charge in [-0.05, 0) is 30.3 Å². The molecule has 2 aliphatic rings. The first-order valence-electron chi connectivity index (χ1n) is 9.65. The molecule has 158 valence electrons. The van der Waals surface area contributed by atoms with Crippen LogP contribution in [0.15, 0.2) is 76.4 Å². The summed E-state index contributed by atoms with van der Waals surface area (Å²) < 4.78 is 12.9. The average Bonchev–Trinajstić information content (AvgIpc) is 3.18. The van der Waals surface area contributed by atoms with Crippen molar-refractivity contribution >= 4 is 29.2 Å². The lowest BCUT2D eigenvalue weighted by molar-refractivity contribution is -0.118. The summed E-state index contributed by atoms with van der Waals surface area (Å²) in [6.45, 7) is 4.61. The number of ether oxygens (including phenoxy) is 2. The van der Waals surface area contributed by atoms with Gasteiger partial charge in [-0.1, -0.05) is 36.1 Å². The van der Waals surface area contributed by atoms with Gasteiger partial charge in [0.15, 0.2) is 11.0 Å². The molecule has 0 saturated carbocycles. The smallest absolute Gasteiger partial charge is 0.260 e. The fourth-order valence-corrected chi connectivity index (χ4v) is 3.90. The minimum atomic E-state index is -0.370. The van der Waals surface area contributed by atoms with Gasteiger partial charge < -0.3 is 9.47 Å². The van der Waals surface area contributed by atoms with E-state index in [-0.39, 0.29) is 18.4 Å². The molecule has 0 saturated heterocycles. The van der Waals surface area contributed by atoms with Crippen LogP contribution in [0.4, 0.5) is 0 Å². The molecule has 1 aliphatic carbocycles. The maximum atomic E-state index is 12.3. The molecule has 1 amide bonds. The first-order chi connectivity index (χ1) is 15.2. The molecule has 1 aromatic carbocycles. The molecule has 9 heteroatoms. The van der Waals surface area contributed by atoms with Crippen LogP contribution in [-0.4, -0.2) is 45.1 Å². The summed E-state index contributed by atoms with van der Waals surface area (Å²) in [5, 5.41) is 9.22. The van der Waals surface area contributed by atoms with Crippen molar-refractivity contribution in [3.05, 3.63) is 67.0 Å². The van der Waals surface area contributed by atoms with Crippen LogP contribution in [0.25, 0.3) is 0 Å². The summed E-state index contributed by atoms with van der Waals surface area (Å²) in [5.74, 6) is 2.47. The van der Waals surface area contributed by atoms with E-state index in [9.17, 15) is 4.79 Å². The first kappa shape index (κ1) is 20.8. The molecule has 1 unspecified atom stereocenters. The van der Waals surface area contributed by atoms with Crippen LogP contribution in [0.1, 0.15) is 5.82 Å². The van der Waals surface area contributed by atoms with Crippen molar-refractivity contribution in [3.8, 4) is 11.5 Å². The molecule has 31 heavy (non-hydrogen) atoms. The Kier molecular flexibility index (Phi) is 6.42. The van der Waals surface area contributed by atoms with Crippen molar-refractivity contribution in [1.29, 1.82) is 0 Å². The van der Waals surface area contributed by atoms with Crippen molar-refractivity contribution in [3.63, 3.8) is 0 Å². The number of benzene rings is 1. The van der Waals surface area contributed by atoms with Gasteiger partial charge in [-0.15, -0.1) is 16.8 Å². The van der Waals surface area contributed by atoms with Gasteiger partial charge in [-0.2, -0.15) is 4.99 Å². The second-order valence-corrected chi connectivity index (χ2v) is 7.62. The Morgan fingerprint density at radius 3 is 2.74 bits per heavy atom. The number of hydrogen-bond acceptors (Lipinski definition) is 7. The number of methoxy groups -OCH3 is 1. The van der Waals surface area contributed by atoms with Crippen LogP contribution >= 0.6 is 11.8 Å². The van der Waals surface area contributed by atoms with E-state index in [2.05, 4.69) is 26.8 Å². The molecule has 4 rings (SSSR count). The molecular formula is C22H21N5O3S. The van der Waals surface area contributed by atoms with E-state index in [0.717, 1.165) is 11.5 Å². The third-order valence-corrected chi connectivity index (χ3v) is 5.59. The number of rotatable bonds is 9. The van der Waals surface area contributed by atoms with Gasteiger partial charge in [0.2, 0.25) is 0 Å². The minimum absolute atomic E-state index is 0.192. The molecule has 2 aromatic rings. The summed E-state index contributed by atoms with van der Waals surface area (Å²) in [4.78, 5) is 20.9. The summed E-state index contributed by atoms with van der Waals surface area (Å²) in [7, 11) is 1.62. The van der Waals surface area contributed by atoms with Crippen molar-refractivity contribution < 1.29 is 14.3 Å². The van der Waals surface area contributed by atoms with E-state index in [4.69, 9.17) is 9.47 Å². The number of aliphatic imine (C=N–C) groups is 2. The zero-order chi connectivity index (χ0) is 21.6. The van der Waals surface area contributed by atoms with Gasteiger partial charge in [-0.25, -0.2) is 4.99 Å². The van der Waals surface area contributed by atoms with E-state index in [1.54, 1.807) is 13.2 Å². The molecule has 8 nitrogen and oxygen atoms in total. The molecular weight excluding hydrogens is 414 g/mol. The number of allylic oxidation sites excluding steroid dienone is 4. The van der Waals surface area contributed by atoms with Gasteiger partial charge >= 0.3 is 0 Å². The molecule has 1 aliphatic heterocycles. The second-order valence-electron chi connectivity index (χ2n) is 6.68. The molecule has 2 heterocycles. The molecule has 0 fully saturated rings. The van der Waals surface area contributed by atoms with Gasteiger partial charge in [0.1, 0.15) is 29.9 Å². The number of amides is 1. The number of thioether (sulfide) groups is 1. The third-order valence-electron chi connectivity index (χ3n) is 4.63. The molecule has 0 bridgehead atoms. The Balaban J connectivity index is 1.43. The highest BCUT2D eigenvalue weighted by atomic mass is 32.2. The topological polar surface area (TPSA) is 91.0 Å². The van der Waals surface area contributed by atoms with Crippen molar-refractivity contribution in [1.82, 2.24) is 14.8 Å². The highest BCUT2D eigenvalue weighted by molar-refractivity contribution is 7.99. The number of hydrogen-bond donors (Lipinski definition) is 0. The summed E-state index contributed by atoms with van der Waals surface area (Å²) in [5.41, 5.74) is 0.722. The highest BCUT2D eigenvalue weighted by Gasteiger charge is 2.26. The second kappa shape index (κ2) is 9.57. The monoisotopic (exact) mass is 435 g/mol. The molecule has 1 aromatic heterocycles. The zero-order valence-corrected chi connectivity index (χ0v) is 17.8. The summed E-state index contributed by atoms with van der Waals surface area (Å²) in [6.07, 6.45) is 9.13. The maximum absolute atomic E-state index is 12.3. The maximum Gasteiger partial charge on any atom is 0.260 e. The van der Waals surface area contributed by atoms with Crippen LogP contribution in [0, 0.1) is 5.92 Å². The third kappa shape index (κ3) is 4.83. The SMILES string of the molecule is C=CCn1c(COc2ccc(OC)cc2)nnc1SCC1=NC(=O)C2C=CC=CC2=N1. The first-order valence-corrected chi connectivity index (χ1v) is 10.6. The van der Waals surface area contributed by atoms with E-state index in [1.807, 2.05) is 53.1 Å². The van der Waals surface area contributed by atoms with Crippen LogP contribution in [0.2, 0.25) is 0 Å². The Morgan fingerprint density at radius 1 is 1.16 bits per heavy atom. The molecule has 0 spiro atoms. The zero-order valence-electron chi connectivity index (χ0n) is 17.0. The van der Waals surface area contributed by atoms with Gasteiger partial charge in [0.25, 0.3) is 5.91 Å². The van der Waals surface area contributed by atoms with Gasteiger partial charge in [-0.3, -0.25) is 9.36 Å². The van der Waals surface area contributed by atoms with Crippen molar-refractivity contribution in [2.45, 2.75) is 18.3 Å². The fourth-order valence-electron chi connectivity index (χ4n) is 3.08. The number of fused-ring (bicyclic) bond motifs is 1. The lowest BCUT2D eigenvalue weighted by Gasteiger charge is -2.17. The number of carbonyl (C=O) groups is 1. The van der Waals surface area contributed by atoms with Gasteiger partial charge in [0, 0.05) is 6.54 Å². The quantitative estimate of drug-likeness (QED) is 0.444.